The molecule has 0 aliphatic heterocycles. The van der Waals surface area contributed by atoms with Crippen molar-refractivity contribution in [2.24, 2.45) is 0 Å². The van der Waals surface area contributed by atoms with Crippen LogP contribution in [0.5, 0.6) is 0 Å². The van der Waals surface area contributed by atoms with Crippen molar-refractivity contribution in [2.45, 2.75) is 19.8 Å². The first-order valence-corrected chi connectivity index (χ1v) is 5.94. The fourth-order valence-corrected chi connectivity index (χ4v) is 1.94. The Kier molecular flexibility index (Phi) is 3.94. The summed E-state index contributed by atoms with van der Waals surface area (Å²) in [5.74, 6) is 0.855. The fourth-order valence-electron chi connectivity index (χ4n) is 1.94. The summed E-state index contributed by atoms with van der Waals surface area (Å²) in [6.45, 7) is 3.13. The quantitative estimate of drug-likeness (QED) is 0.803. The van der Waals surface area contributed by atoms with Gasteiger partial charge in [-0.25, -0.2) is 4.98 Å². The standard InChI is InChI=1S/C14H18N2O/c1-11-5-6-12(4-3-7-15-2)13(8-11)14-9-16-10-17-14/h5-6,8-10,15H,3-4,7H2,1-2H3. The highest BCUT2D eigenvalue weighted by molar-refractivity contribution is 5.62. The summed E-state index contributed by atoms with van der Waals surface area (Å²) in [5.41, 5.74) is 3.73. The van der Waals surface area contributed by atoms with E-state index < -0.39 is 0 Å². The van der Waals surface area contributed by atoms with Crippen LogP contribution in [0.1, 0.15) is 17.5 Å². The molecular weight excluding hydrogens is 212 g/mol. The van der Waals surface area contributed by atoms with E-state index in [0.29, 0.717) is 0 Å². The SMILES string of the molecule is CNCCCc1ccc(C)cc1-c1cnco1. The average molecular weight is 230 g/mol. The first-order chi connectivity index (χ1) is 8.31. The minimum atomic E-state index is 0.855. The largest absolute Gasteiger partial charge is 0.444 e. The van der Waals surface area contributed by atoms with Crippen LogP contribution in [-0.4, -0.2) is 18.6 Å². The van der Waals surface area contributed by atoms with Gasteiger partial charge in [0.1, 0.15) is 0 Å². The van der Waals surface area contributed by atoms with Crippen molar-refractivity contribution in [1.82, 2.24) is 10.3 Å². The summed E-state index contributed by atoms with van der Waals surface area (Å²) in [6, 6.07) is 6.49. The van der Waals surface area contributed by atoms with Crippen molar-refractivity contribution in [1.29, 1.82) is 0 Å². The number of oxazole rings is 1. The summed E-state index contributed by atoms with van der Waals surface area (Å²) in [5, 5.41) is 3.17. The van der Waals surface area contributed by atoms with Crippen molar-refractivity contribution in [3.63, 3.8) is 0 Å². The lowest BCUT2D eigenvalue weighted by Crippen LogP contribution is -2.08. The molecule has 0 spiro atoms. The van der Waals surface area contributed by atoms with Gasteiger partial charge in [-0.1, -0.05) is 17.7 Å². The second kappa shape index (κ2) is 5.64. The number of nitrogens with one attached hydrogen (secondary N) is 1. The predicted molar refractivity (Wildman–Crippen MR) is 68.9 cm³/mol. The first-order valence-electron chi connectivity index (χ1n) is 5.94. The molecule has 1 N–H and O–H groups in total. The van der Waals surface area contributed by atoms with Crippen molar-refractivity contribution in [2.75, 3.05) is 13.6 Å². The summed E-state index contributed by atoms with van der Waals surface area (Å²) >= 11 is 0. The van der Waals surface area contributed by atoms with Crippen molar-refractivity contribution < 1.29 is 4.42 Å². The molecule has 0 atom stereocenters. The molecule has 17 heavy (non-hydrogen) atoms. The van der Waals surface area contributed by atoms with E-state index in [1.807, 2.05) is 7.05 Å². The Bertz CT molecular complexity index is 463. The van der Waals surface area contributed by atoms with Gasteiger partial charge in [0.2, 0.25) is 0 Å². The molecule has 1 heterocycles. The Balaban J connectivity index is 2.25. The molecule has 0 saturated heterocycles. The molecule has 0 aliphatic rings. The van der Waals surface area contributed by atoms with E-state index in [4.69, 9.17) is 4.42 Å². The Morgan fingerprint density at radius 1 is 1.35 bits per heavy atom. The van der Waals surface area contributed by atoms with Gasteiger partial charge < -0.3 is 9.73 Å². The highest BCUT2D eigenvalue weighted by Gasteiger charge is 2.08. The van der Waals surface area contributed by atoms with Crippen LogP contribution in [0.2, 0.25) is 0 Å². The van der Waals surface area contributed by atoms with Crippen LogP contribution in [0.4, 0.5) is 0 Å². The number of aromatic nitrogens is 1. The molecule has 90 valence electrons. The number of nitrogens with zero attached hydrogens (tertiary/aromatic N) is 1. The van der Waals surface area contributed by atoms with Crippen LogP contribution < -0.4 is 5.32 Å². The molecule has 0 fully saturated rings. The maximum absolute atomic E-state index is 5.39. The fraction of sp³-hybridized carbons (Fsp3) is 0.357. The van der Waals surface area contributed by atoms with Gasteiger partial charge in [-0.3, -0.25) is 0 Å². The van der Waals surface area contributed by atoms with Crippen molar-refractivity contribution in [3.05, 3.63) is 41.9 Å². The minimum Gasteiger partial charge on any atom is -0.444 e. The van der Waals surface area contributed by atoms with E-state index in [-0.39, 0.29) is 0 Å². The van der Waals surface area contributed by atoms with E-state index in [9.17, 15) is 0 Å². The summed E-state index contributed by atoms with van der Waals surface area (Å²) < 4.78 is 5.39. The zero-order valence-electron chi connectivity index (χ0n) is 10.4. The molecule has 0 saturated carbocycles. The molecular formula is C14H18N2O. The van der Waals surface area contributed by atoms with Gasteiger partial charge in [-0.05, 0) is 45.0 Å². The van der Waals surface area contributed by atoms with Gasteiger partial charge in [-0.15, -0.1) is 0 Å². The summed E-state index contributed by atoms with van der Waals surface area (Å²) in [7, 11) is 1.98. The maximum Gasteiger partial charge on any atom is 0.181 e. The maximum atomic E-state index is 5.39. The number of hydrogen-bond donors (Lipinski definition) is 1. The summed E-state index contributed by atoms with van der Waals surface area (Å²) in [4.78, 5) is 3.99. The molecule has 0 aliphatic carbocycles. The molecule has 0 bridgehead atoms. The lowest BCUT2D eigenvalue weighted by atomic mass is 9.99. The van der Waals surface area contributed by atoms with Crippen LogP contribution >= 0.6 is 0 Å². The normalized spacial score (nSPS) is 10.7. The number of benzene rings is 1. The smallest absolute Gasteiger partial charge is 0.181 e. The monoisotopic (exact) mass is 230 g/mol. The minimum absolute atomic E-state index is 0.855. The van der Waals surface area contributed by atoms with Gasteiger partial charge in [0.25, 0.3) is 0 Å². The summed E-state index contributed by atoms with van der Waals surface area (Å²) in [6.07, 6.45) is 5.43. The van der Waals surface area contributed by atoms with Crippen LogP contribution in [0.25, 0.3) is 11.3 Å². The Hall–Kier alpha value is -1.61. The van der Waals surface area contributed by atoms with E-state index in [1.165, 1.54) is 23.1 Å². The Morgan fingerprint density at radius 2 is 2.24 bits per heavy atom. The zero-order valence-corrected chi connectivity index (χ0v) is 10.4. The highest BCUT2D eigenvalue weighted by atomic mass is 16.3. The van der Waals surface area contributed by atoms with Crippen LogP contribution in [0.3, 0.4) is 0 Å². The second-order valence-corrected chi connectivity index (χ2v) is 4.23. The van der Waals surface area contributed by atoms with Gasteiger partial charge in [0, 0.05) is 5.56 Å². The van der Waals surface area contributed by atoms with Crippen LogP contribution in [0, 0.1) is 6.92 Å². The Morgan fingerprint density at radius 3 is 2.94 bits per heavy atom. The average Bonchev–Trinajstić information content (AvgIpc) is 2.85. The van der Waals surface area contributed by atoms with E-state index in [0.717, 1.165) is 25.1 Å². The van der Waals surface area contributed by atoms with Gasteiger partial charge in [0.15, 0.2) is 12.2 Å². The molecule has 0 unspecified atom stereocenters. The molecule has 1 aromatic carbocycles. The third-order valence-electron chi connectivity index (χ3n) is 2.84. The highest BCUT2D eigenvalue weighted by Crippen LogP contribution is 2.25. The molecule has 3 nitrogen and oxygen atoms in total. The molecule has 2 aromatic rings. The van der Waals surface area contributed by atoms with Crippen molar-refractivity contribution >= 4 is 0 Å². The topological polar surface area (TPSA) is 38.1 Å². The second-order valence-electron chi connectivity index (χ2n) is 4.23. The number of aryl methyl sites for hydroxylation is 2. The van der Waals surface area contributed by atoms with Crippen LogP contribution in [-0.2, 0) is 6.42 Å². The molecule has 0 radical (unpaired) electrons. The lowest BCUT2D eigenvalue weighted by Gasteiger charge is -2.08. The Labute approximate surface area is 102 Å². The third-order valence-corrected chi connectivity index (χ3v) is 2.84. The lowest BCUT2D eigenvalue weighted by molar-refractivity contribution is 0.571. The van der Waals surface area contributed by atoms with Crippen molar-refractivity contribution in [3.8, 4) is 11.3 Å². The molecule has 3 heteroatoms. The first kappa shape index (κ1) is 11.9. The van der Waals surface area contributed by atoms with E-state index >= 15 is 0 Å². The molecule has 2 rings (SSSR count). The van der Waals surface area contributed by atoms with E-state index in [1.54, 1.807) is 6.20 Å². The third kappa shape index (κ3) is 2.94. The zero-order chi connectivity index (χ0) is 12.1. The van der Waals surface area contributed by atoms with Gasteiger partial charge in [-0.2, -0.15) is 0 Å². The number of hydrogen-bond acceptors (Lipinski definition) is 3. The van der Waals surface area contributed by atoms with Gasteiger partial charge >= 0.3 is 0 Å². The van der Waals surface area contributed by atoms with Crippen LogP contribution in [0.15, 0.2) is 35.2 Å². The molecule has 0 amide bonds. The predicted octanol–water partition coefficient (Wildman–Crippen LogP) is 2.80. The number of rotatable bonds is 5. The van der Waals surface area contributed by atoms with Gasteiger partial charge in [0.05, 0.1) is 6.20 Å². The molecule has 1 aromatic heterocycles. The van der Waals surface area contributed by atoms with E-state index in [2.05, 4.69) is 35.4 Å².